The zero-order chi connectivity index (χ0) is 19.2. The molecule has 0 radical (unpaired) electrons. The summed E-state index contributed by atoms with van der Waals surface area (Å²) in [6.45, 7) is 2.32. The Bertz CT molecular complexity index is 905. The number of amides is 1. The van der Waals surface area contributed by atoms with E-state index in [2.05, 4.69) is 20.5 Å². The van der Waals surface area contributed by atoms with Gasteiger partial charge in [-0.25, -0.2) is 4.98 Å². The fraction of sp³-hybridized carbons (Fsp3) is 0.250. The Kier molecular flexibility index (Phi) is 5.83. The lowest BCUT2D eigenvalue weighted by Gasteiger charge is -2.15. The summed E-state index contributed by atoms with van der Waals surface area (Å²) in [7, 11) is 1.64. The van der Waals surface area contributed by atoms with Gasteiger partial charge in [0.05, 0.1) is 13.7 Å². The quantitative estimate of drug-likeness (QED) is 0.597. The van der Waals surface area contributed by atoms with E-state index in [-0.39, 0.29) is 11.8 Å². The number of carbonyl (C=O) groups is 1. The molecule has 0 aliphatic heterocycles. The number of rotatable bonds is 7. The first-order chi connectivity index (χ1) is 13.1. The molecule has 0 spiro atoms. The maximum absolute atomic E-state index is 12.4. The van der Waals surface area contributed by atoms with Crippen molar-refractivity contribution in [2.24, 2.45) is 5.73 Å². The molecule has 1 amide bonds. The summed E-state index contributed by atoms with van der Waals surface area (Å²) in [4.78, 5) is 16.7. The van der Waals surface area contributed by atoms with Crippen molar-refractivity contribution < 1.29 is 9.53 Å². The normalized spacial score (nSPS) is 11.8. The van der Waals surface area contributed by atoms with Gasteiger partial charge < -0.3 is 15.8 Å². The van der Waals surface area contributed by atoms with Gasteiger partial charge >= 0.3 is 0 Å². The molecular weight excluding hydrogens is 342 g/mol. The van der Waals surface area contributed by atoms with E-state index in [4.69, 9.17) is 10.5 Å². The molecule has 3 aromatic rings. The van der Waals surface area contributed by atoms with Crippen LogP contribution in [0.1, 0.15) is 30.7 Å². The molecule has 1 heterocycles. The number of methoxy groups -OCH3 is 1. The van der Waals surface area contributed by atoms with Crippen molar-refractivity contribution in [1.82, 2.24) is 15.2 Å². The Morgan fingerprint density at radius 2 is 1.96 bits per heavy atom. The summed E-state index contributed by atoms with van der Waals surface area (Å²) < 4.78 is 5.38. The third kappa shape index (κ3) is 4.51. The number of aromatic nitrogens is 3. The molecule has 3 rings (SSSR count). The Morgan fingerprint density at radius 1 is 1.22 bits per heavy atom. The van der Waals surface area contributed by atoms with Gasteiger partial charge in [-0.05, 0) is 41.8 Å². The van der Waals surface area contributed by atoms with Crippen LogP contribution in [0.5, 0.6) is 5.75 Å². The second kappa shape index (κ2) is 8.46. The molecule has 7 heteroatoms. The minimum Gasteiger partial charge on any atom is -0.496 e. The van der Waals surface area contributed by atoms with Crippen LogP contribution in [0.4, 0.5) is 5.69 Å². The van der Waals surface area contributed by atoms with Gasteiger partial charge in [0.15, 0.2) is 5.82 Å². The van der Waals surface area contributed by atoms with Gasteiger partial charge in [-0.15, -0.1) is 0 Å². The topological polar surface area (TPSA) is 106 Å². The third-order valence-electron chi connectivity index (χ3n) is 4.31. The zero-order valence-electron chi connectivity index (χ0n) is 15.4. The van der Waals surface area contributed by atoms with Crippen molar-refractivity contribution in [2.45, 2.75) is 25.8 Å². The Labute approximate surface area is 158 Å². The number of benzene rings is 2. The van der Waals surface area contributed by atoms with E-state index in [1.165, 1.54) is 0 Å². The molecule has 0 fully saturated rings. The van der Waals surface area contributed by atoms with Crippen molar-refractivity contribution in [1.29, 1.82) is 0 Å². The smallest absolute Gasteiger partial charge is 0.224 e. The molecule has 1 aromatic heterocycles. The Morgan fingerprint density at radius 3 is 2.63 bits per heavy atom. The second-order valence-electron chi connectivity index (χ2n) is 6.28. The van der Waals surface area contributed by atoms with Gasteiger partial charge in [0.1, 0.15) is 11.6 Å². The highest BCUT2D eigenvalue weighted by molar-refractivity contribution is 5.91. The lowest BCUT2D eigenvalue weighted by molar-refractivity contribution is -0.116. The Hall–Kier alpha value is -3.19. The van der Waals surface area contributed by atoms with Crippen molar-refractivity contribution in [3.63, 3.8) is 0 Å². The third-order valence-corrected chi connectivity index (χ3v) is 4.31. The zero-order valence-corrected chi connectivity index (χ0v) is 15.4. The molecule has 7 nitrogen and oxygen atoms in total. The monoisotopic (exact) mass is 365 g/mol. The summed E-state index contributed by atoms with van der Waals surface area (Å²) in [5.41, 5.74) is 8.13. The molecule has 2 aromatic carbocycles. The van der Waals surface area contributed by atoms with Crippen LogP contribution in [0.3, 0.4) is 0 Å². The van der Waals surface area contributed by atoms with Crippen molar-refractivity contribution in [3.8, 4) is 17.1 Å². The van der Waals surface area contributed by atoms with Crippen LogP contribution < -0.4 is 15.8 Å². The molecule has 0 saturated carbocycles. The molecule has 0 aliphatic carbocycles. The van der Waals surface area contributed by atoms with E-state index in [0.717, 1.165) is 22.6 Å². The average Bonchev–Trinajstić information content (AvgIpc) is 3.17. The van der Waals surface area contributed by atoms with Crippen LogP contribution >= 0.6 is 0 Å². The first kappa shape index (κ1) is 18.6. The van der Waals surface area contributed by atoms with E-state index in [1.54, 1.807) is 7.11 Å². The van der Waals surface area contributed by atoms with E-state index < -0.39 is 0 Å². The van der Waals surface area contributed by atoms with Crippen molar-refractivity contribution in [3.05, 3.63) is 59.9 Å². The summed E-state index contributed by atoms with van der Waals surface area (Å²) in [5.74, 6) is 2.00. The average molecular weight is 365 g/mol. The molecule has 0 aliphatic rings. The highest BCUT2D eigenvalue weighted by Crippen LogP contribution is 2.28. The maximum atomic E-state index is 12.4. The fourth-order valence-corrected chi connectivity index (χ4v) is 2.89. The fourth-order valence-electron chi connectivity index (χ4n) is 2.89. The van der Waals surface area contributed by atoms with E-state index in [1.807, 2.05) is 55.5 Å². The van der Waals surface area contributed by atoms with Gasteiger partial charge in [-0.2, -0.15) is 5.10 Å². The summed E-state index contributed by atoms with van der Waals surface area (Å²) >= 11 is 0. The van der Waals surface area contributed by atoms with Crippen LogP contribution in [0.15, 0.2) is 48.5 Å². The number of hydrogen-bond acceptors (Lipinski definition) is 5. The minimum atomic E-state index is -0.0514. The molecule has 4 N–H and O–H groups in total. The van der Waals surface area contributed by atoms with Gasteiger partial charge in [0.2, 0.25) is 5.91 Å². The first-order valence-electron chi connectivity index (χ1n) is 8.75. The van der Waals surface area contributed by atoms with E-state index >= 15 is 0 Å². The Balaban J connectivity index is 1.62. The number of nitrogens with one attached hydrogen (secondary N) is 2. The SMILES string of the molecule is COc1ccccc1C(C)CC(=O)Nc1ccc(-c2n[nH]c(CN)n2)cc1. The summed E-state index contributed by atoms with van der Waals surface area (Å²) in [5, 5.41) is 9.83. The molecular formula is C20H23N5O2. The number of aromatic amines is 1. The number of para-hydroxylation sites is 1. The van der Waals surface area contributed by atoms with Crippen LogP contribution in [-0.2, 0) is 11.3 Å². The van der Waals surface area contributed by atoms with Crippen LogP contribution in [0, 0.1) is 0 Å². The number of H-pyrrole nitrogens is 1. The van der Waals surface area contributed by atoms with Crippen LogP contribution in [0.2, 0.25) is 0 Å². The van der Waals surface area contributed by atoms with Crippen LogP contribution in [0.25, 0.3) is 11.4 Å². The summed E-state index contributed by atoms with van der Waals surface area (Å²) in [6, 6.07) is 15.1. The molecule has 0 bridgehead atoms. The van der Waals surface area contributed by atoms with Gasteiger partial charge in [0.25, 0.3) is 0 Å². The predicted molar refractivity (Wildman–Crippen MR) is 104 cm³/mol. The number of nitrogens with two attached hydrogens (primary N) is 1. The highest BCUT2D eigenvalue weighted by atomic mass is 16.5. The molecule has 0 saturated heterocycles. The molecule has 1 unspecified atom stereocenters. The molecule has 140 valence electrons. The number of carbonyl (C=O) groups excluding carboxylic acids is 1. The number of nitrogens with zero attached hydrogens (tertiary/aromatic N) is 2. The minimum absolute atomic E-state index is 0.0448. The van der Waals surface area contributed by atoms with Gasteiger partial charge in [0, 0.05) is 17.7 Å². The number of ether oxygens (including phenoxy) is 1. The van der Waals surface area contributed by atoms with Crippen LogP contribution in [-0.4, -0.2) is 28.2 Å². The predicted octanol–water partition coefficient (Wildman–Crippen LogP) is 3.07. The van der Waals surface area contributed by atoms with Crippen molar-refractivity contribution in [2.75, 3.05) is 12.4 Å². The first-order valence-corrected chi connectivity index (χ1v) is 8.75. The van der Waals surface area contributed by atoms with Crippen molar-refractivity contribution >= 4 is 11.6 Å². The standard InChI is InChI=1S/C20H23N5O2/c1-13(16-5-3-4-6-17(16)27-2)11-19(26)22-15-9-7-14(8-10-15)20-23-18(12-21)24-25-20/h3-10,13H,11-12,21H2,1-2H3,(H,22,26)(H,23,24,25). The molecule has 27 heavy (non-hydrogen) atoms. The molecule has 1 atom stereocenters. The summed E-state index contributed by atoms with van der Waals surface area (Å²) in [6.07, 6.45) is 0.364. The largest absolute Gasteiger partial charge is 0.496 e. The van der Waals surface area contributed by atoms with Gasteiger partial charge in [-0.1, -0.05) is 25.1 Å². The van der Waals surface area contributed by atoms with Gasteiger partial charge in [-0.3, -0.25) is 9.89 Å². The highest BCUT2D eigenvalue weighted by Gasteiger charge is 2.15. The van der Waals surface area contributed by atoms with E-state index in [0.29, 0.717) is 24.6 Å². The number of hydrogen-bond donors (Lipinski definition) is 3. The maximum Gasteiger partial charge on any atom is 0.224 e. The van der Waals surface area contributed by atoms with E-state index in [9.17, 15) is 4.79 Å². The second-order valence-corrected chi connectivity index (χ2v) is 6.28. The lowest BCUT2D eigenvalue weighted by Crippen LogP contribution is -2.14. The number of anilines is 1. The lowest BCUT2D eigenvalue weighted by atomic mass is 9.96.